The maximum Gasteiger partial charge on any atom is 0.338 e. The Kier molecular flexibility index (Phi) is 7.03. The van der Waals surface area contributed by atoms with E-state index < -0.39 is 5.97 Å². The number of hydrogen-bond acceptors (Lipinski definition) is 5. The first-order chi connectivity index (χ1) is 12.1. The number of benzene rings is 1. The van der Waals surface area contributed by atoms with Crippen molar-refractivity contribution >= 4 is 17.7 Å². The molecule has 25 heavy (non-hydrogen) atoms. The second-order valence-corrected chi connectivity index (χ2v) is 5.46. The minimum Gasteiger partial charge on any atom is -0.469 e. The summed E-state index contributed by atoms with van der Waals surface area (Å²) in [5, 5.41) is 14.8. The highest BCUT2D eigenvalue weighted by molar-refractivity contribution is 5.92. The Morgan fingerprint density at radius 3 is 2.60 bits per heavy atom. The van der Waals surface area contributed by atoms with Crippen molar-refractivity contribution in [1.82, 2.24) is 5.32 Å². The van der Waals surface area contributed by atoms with E-state index in [2.05, 4.69) is 10.6 Å². The van der Waals surface area contributed by atoms with Gasteiger partial charge < -0.3 is 24.9 Å². The van der Waals surface area contributed by atoms with Crippen molar-refractivity contribution in [2.75, 3.05) is 25.1 Å². The molecule has 2 aromatic rings. The summed E-state index contributed by atoms with van der Waals surface area (Å²) < 4.78 is 10.1. The molecule has 0 aliphatic heterocycles. The van der Waals surface area contributed by atoms with Crippen molar-refractivity contribution in [3.05, 3.63) is 54.0 Å². The Balaban J connectivity index is 1.80. The molecule has 7 heteroatoms. The second kappa shape index (κ2) is 9.48. The molecule has 2 amide bonds. The standard InChI is InChI=1S/C18H22N2O5/c1-2-24-17(22)14-5-7-15(8-6-14)20-18(23)19-11-13(12-21)10-16-4-3-9-25-16/h3-9,13,21H,2,10-12H2,1H3,(H2,19,20,23)/t13-/m1/s1. The monoisotopic (exact) mass is 346 g/mol. The molecule has 0 saturated heterocycles. The van der Waals surface area contributed by atoms with Crippen LogP contribution in [0.4, 0.5) is 10.5 Å². The SMILES string of the molecule is CCOC(=O)c1ccc(NC(=O)NC[C@H](CO)Cc2ccco2)cc1. The Morgan fingerprint density at radius 2 is 2.00 bits per heavy atom. The lowest BCUT2D eigenvalue weighted by atomic mass is 10.1. The van der Waals surface area contributed by atoms with Crippen LogP contribution in [0.3, 0.4) is 0 Å². The molecule has 1 atom stereocenters. The molecular formula is C18H22N2O5. The second-order valence-electron chi connectivity index (χ2n) is 5.46. The van der Waals surface area contributed by atoms with Crippen LogP contribution in [0, 0.1) is 5.92 Å². The fraction of sp³-hybridized carbons (Fsp3) is 0.333. The van der Waals surface area contributed by atoms with Crippen LogP contribution in [-0.2, 0) is 11.2 Å². The third-order valence-corrected chi connectivity index (χ3v) is 3.53. The van der Waals surface area contributed by atoms with E-state index in [9.17, 15) is 14.7 Å². The van der Waals surface area contributed by atoms with E-state index >= 15 is 0 Å². The highest BCUT2D eigenvalue weighted by Gasteiger charge is 2.12. The van der Waals surface area contributed by atoms with Gasteiger partial charge in [-0.25, -0.2) is 9.59 Å². The van der Waals surface area contributed by atoms with E-state index in [4.69, 9.17) is 9.15 Å². The van der Waals surface area contributed by atoms with Gasteiger partial charge in [-0.1, -0.05) is 0 Å². The van der Waals surface area contributed by atoms with Gasteiger partial charge in [0.2, 0.25) is 0 Å². The molecule has 0 fully saturated rings. The van der Waals surface area contributed by atoms with Gasteiger partial charge in [0.25, 0.3) is 0 Å². The zero-order valence-corrected chi connectivity index (χ0v) is 14.0. The maximum absolute atomic E-state index is 11.9. The first-order valence-corrected chi connectivity index (χ1v) is 8.07. The number of nitrogens with one attached hydrogen (secondary N) is 2. The molecule has 1 heterocycles. The Morgan fingerprint density at radius 1 is 1.24 bits per heavy atom. The van der Waals surface area contributed by atoms with Gasteiger partial charge in [-0.05, 0) is 43.3 Å². The summed E-state index contributed by atoms with van der Waals surface area (Å²) >= 11 is 0. The molecule has 1 aromatic carbocycles. The van der Waals surface area contributed by atoms with Crippen LogP contribution in [0.2, 0.25) is 0 Å². The van der Waals surface area contributed by atoms with Gasteiger partial charge in [0.1, 0.15) is 5.76 Å². The van der Waals surface area contributed by atoms with Gasteiger partial charge >= 0.3 is 12.0 Å². The minimum absolute atomic E-state index is 0.0603. The first-order valence-electron chi connectivity index (χ1n) is 8.07. The van der Waals surface area contributed by atoms with Gasteiger partial charge in [0, 0.05) is 31.2 Å². The molecule has 0 spiro atoms. The average molecular weight is 346 g/mol. The largest absolute Gasteiger partial charge is 0.469 e. The van der Waals surface area contributed by atoms with E-state index in [1.807, 2.05) is 6.07 Å². The molecule has 0 aliphatic carbocycles. The number of aliphatic hydroxyl groups is 1. The Hall–Kier alpha value is -2.80. The van der Waals surface area contributed by atoms with E-state index in [1.165, 1.54) is 0 Å². The smallest absolute Gasteiger partial charge is 0.338 e. The number of anilines is 1. The summed E-state index contributed by atoms with van der Waals surface area (Å²) in [6.45, 7) is 2.30. The third-order valence-electron chi connectivity index (χ3n) is 3.53. The lowest BCUT2D eigenvalue weighted by molar-refractivity contribution is 0.0526. The molecule has 7 nitrogen and oxygen atoms in total. The number of esters is 1. The van der Waals surface area contributed by atoms with E-state index in [0.717, 1.165) is 5.76 Å². The van der Waals surface area contributed by atoms with Gasteiger partial charge in [0.15, 0.2) is 0 Å². The molecule has 1 aromatic heterocycles. The van der Waals surface area contributed by atoms with Crippen LogP contribution in [0.5, 0.6) is 0 Å². The van der Waals surface area contributed by atoms with E-state index in [1.54, 1.807) is 43.5 Å². The number of hydrogen-bond donors (Lipinski definition) is 3. The van der Waals surface area contributed by atoms with Gasteiger partial charge in [-0.3, -0.25) is 0 Å². The van der Waals surface area contributed by atoms with Crippen LogP contribution >= 0.6 is 0 Å². The number of amides is 2. The average Bonchev–Trinajstić information content (AvgIpc) is 3.12. The van der Waals surface area contributed by atoms with Crippen molar-refractivity contribution < 1.29 is 23.8 Å². The zero-order valence-electron chi connectivity index (χ0n) is 14.0. The summed E-state index contributed by atoms with van der Waals surface area (Å²) in [6, 6.07) is 9.64. The zero-order chi connectivity index (χ0) is 18.1. The van der Waals surface area contributed by atoms with Crippen LogP contribution in [0.15, 0.2) is 47.1 Å². The van der Waals surface area contributed by atoms with Gasteiger partial charge in [0.05, 0.1) is 18.4 Å². The summed E-state index contributed by atoms with van der Waals surface area (Å²) in [5.41, 5.74) is 0.976. The van der Waals surface area contributed by atoms with Crippen LogP contribution in [0.1, 0.15) is 23.0 Å². The Labute approximate surface area is 146 Å². The van der Waals surface area contributed by atoms with E-state index in [-0.39, 0.29) is 18.6 Å². The van der Waals surface area contributed by atoms with Crippen LogP contribution < -0.4 is 10.6 Å². The van der Waals surface area contributed by atoms with Crippen molar-refractivity contribution in [2.45, 2.75) is 13.3 Å². The summed E-state index contributed by atoms with van der Waals surface area (Å²) in [6.07, 6.45) is 2.11. The lowest BCUT2D eigenvalue weighted by Crippen LogP contribution is -2.34. The molecule has 0 unspecified atom stereocenters. The van der Waals surface area contributed by atoms with Crippen LogP contribution in [0.25, 0.3) is 0 Å². The highest BCUT2D eigenvalue weighted by atomic mass is 16.5. The number of carbonyl (C=O) groups is 2. The predicted octanol–water partition coefficient (Wildman–Crippen LogP) is 2.43. The number of carbonyl (C=O) groups excluding carboxylic acids is 2. The fourth-order valence-corrected chi connectivity index (χ4v) is 2.23. The summed E-state index contributed by atoms with van der Waals surface area (Å²) in [5.74, 6) is 0.223. The molecule has 0 radical (unpaired) electrons. The van der Waals surface area contributed by atoms with Crippen molar-refractivity contribution in [3.8, 4) is 0 Å². The summed E-state index contributed by atoms with van der Waals surface area (Å²) in [7, 11) is 0. The van der Waals surface area contributed by atoms with Crippen molar-refractivity contribution in [3.63, 3.8) is 0 Å². The topological polar surface area (TPSA) is 101 Å². The number of ether oxygens (including phenoxy) is 1. The quantitative estimate of drug-likeness (QED) is 0.637. The van der Waals surface area contributed by atoms with Crippen LogP contribution in [-0.4, -0.2) is 36.9 Å². The highest BCUT2D eigenvalue weighted by Crippen LogP contribution is 2.11. The number of furan rings is 1. The summed E-state index contributed by atoms with van der Waals surface area (Å²) in [4.78, 5) is 23.5. The van der Waals surface area contributed by atoms with Gasteiger partial charge in [-0.15, -0.1) is 0 Å². The molecular weight excluding hydrogens is 324 g/mol. The number of aliphatic hydroxyl groups excluding tert-OH is 1. The molecule has 3 N–H and O–H groups in total. The lowest BCUT2D eigenvalue weighted by Gasteiger charge is -2.14. The third kappa shape index (κ3) is 5.96. The Bertz CT molecular complexity index is 667. The number of urea groups is 1. The molecule has 0 bridgehead atoms. The van der Waals surface area contributed by atoms with Gasteiger partial charge in [-0.2, -0.15) is 0 Å². The number of rotatable bonds is 8. The predicted molar refractivity (Wildman–Crippen MR) is 92.4 cm³/mol. The minimum atomic E-state index is -0.401. The first kappa shape index (κ1) is 18.5. The molecule has 0 aliphatic rings. The van der Waals surface area contributed by atoms with E-state index in [0.29, 0.717) is 30.8 Å². The van der Waals surface area contributed by atoms with Crippen molar-refractivity contribution in [2.24, 2.45) is 5.92 Å². The normalized spacial score (nSPS) is 11.6. The van der Waals surface area contributed by atoms with Crippen molar-refractivity contribution in [1.29, 1.82) is 0 Å². The fourth-order valence-electron chi connectivity index (χ4n) is 2.23. The maximum atomic E-state index is 11.9. The molecule has 2 rings (SSSR count). The molecule has 0 saturated carbocycles. The molecule has 134 valence electrons.